The van der Waals surface area contributed by atoms with Gasteiger partial charge in [0, 0.05) is 5.02 Å². The van der Waals surface area contributed by atoms with Crippen molar-refractivity contribution >= 4 is 50.5 Å². The highest BCUT2D eigenvalue weighted by Gasteiger charge is 2.30. The fraction of sp³-hybridized carbons (Fsp3) is 0.222. The van der Waals surface area contributed by atoms with E-state index < -0.39 is 22.5 Å². The minimum Gasteiger partial charge on any atom is -0.323 e. The van der Waals surface area contributed by atoms with Crippen LogP contribution in [-0.4, -0.2) is 39.6 Å². The van der Waals surface area contributed by atoms with E-state index in [9.17, 15) is 18.0 Å². The molecule has 2 aromatic carbocycles. The predicted molar refractivity (Wildman–Crippen MR) is 106 cm³/mol. The summed E-state index contributed by atoms with van der Waals surface area (Å²) in [6.07, 6.45) is 1.03. The Labute approximate surface area is 162 Å². The maximum absolute atomic E-state index is 12.9. The molecule has 0 atom stereocenters. The molecule has 0 unspecified atom stereocenters. The highest BCUT2D eigenvalue weighted by molar-refractivity contribution is 7.92. The Hall–Kier alpha value is -2.58. The summed E-state index contributed by atoms with van der Waals surface area (Å²) >= 11 is 6.11. The normalized spacial score (nSPS) is 13.7. The minimum absolute atomic E-state index is 0.179. The van der Waals surface area contributed by atoms with Crippen LogP contribution in [0, 0.1) is 6.92 Å². The molecule has 0 spiro atoms. The van der Waals surface area contributed by atoms with Crippen molar-refractivity contribution in [2.75, 3.05) is 33.9 Å². The van der Waals surface area contributed by atoms with Crippen LogP contribution in [0.5, 0.6) is 0 Å². The SMILES string of the molecule is Cc1c(Cl)cccc1N(CC(=O)N1CC(=O)Nc2ccccc21)S(C)(=O)=O. The second-order valence-electron chi connectivity index (χ2n) is 6.20. The molecular formula is C18H18ClN3O4S. The highest BCUT2D eigenvalue weighted by atomic mass is 35.5. The first kappa shape index (κ1) is 19.2. The number of para-hydroxylation sites is 2. The number of fused-ring (bicyclic) bond motifs is 1. The van der Waals surface area contributed by atoms with Crippen molar-refractivity contribution in [2.24, 2.45) is 0 Å². The fourth-order valence-electron chi connectivity index (χ4n) is 2.91. The molecule has 0 aliphatic carbocycles. The van der Waals surface area contributed by atoms with Gasteiger partial charge in [0.15, 0.2) is 0 Å². The lowest BCUT2D eigenvalue weighted by atomic mass is 10.2. The summed E-state index contributed by atoms with van der Waals surface area (Å²) in [4.78, 5) is 26.2. The zero-order valence-electron chi connectivity index (χ0n) is 14.8. The number of benzene rings is 2. The number of hydrogen-bond donors (Lipinski definition) is 1. The van der Waals surface area contributed by atoms with E-state index in [1.807, 2.05) is 0 Å². The molecule has 27 heavy (non-hydrogen) atoms. The number of carbonyl (C=O) groups excluding carboxylic acids is 2. The van der Waals surface area contributed by atoms with Gasteiger partial charge in [0.25, 0.3) is 0 Å². The van der Waals surface area contributed by atoms with Crippen molar-refractivity contribution in [3.8, 4) is 0 Å². The lowest BCUT2D eigenvalue weighted by Gasteiger charge is -2.31. The van der Waals surface area contributed by atoms with E-state index in [1.165, 1.54) is 4.90 Å². The molecule has 0 saturated heterocycles. The second-order valence-corrected chi connectivity index (χ2v) is 8.51. The summed E-state index contributed by atoms with van der Waals surface area (Å²) in [5.74, 6) is -0.853. The zero-order valence-corrected chi connectivity index (χ0v) is 16.3. The molecule has 3 rings (SSSR count). The monoisotopic (exact) mass is 407 g/mol. The molecule has 1 aliphatic heterocycles. The number of carbonyl (C=O) groups is 2. The minimum atomic E-state index is -3.76. The van der Waals surface area contributed by atoms with Crippen LogP contribution < -0.4 is 14.5 Å². The highest BCUT2D eigenvalue weighted by Crippen LogP contribution is 2.31. The van der Waals surface area contributed by atoms with E-state index >= 15 is 0 Å². The van der Waals surface area contributed by atoms with Crippen LogP contribution in [-0.2, 0) is 19.6 Å². The van der Waals surface area contributed by atoms with Gasteiger partial charge in [-0.25, -0.2) is 8.42 Å². The summed E-state index contributed by atoms with van der Waals surface area (Å²) in [5, 5.41) is 3.09. The molecule has 2 aromatic rings. The van der Waals surface area contributed by atoms with Crippen LogP contribution in [0.3, 0.4) is 0 Å². The van der Waals surface area contributed by atoms with E-state index in [1.54, 1.807) is 49.4 Å². The Morgan fingerprint density at radius 1 is 1.22 bits per heavy atom. The Bertz CT molecular complexity index is 1020. The van der Waals surface area contributed by atoms with Crippen molar-refractivity contribution in [1.82, 2.24) is 0 Å². The summed E-state index contributed by atoms with van der Waals surface area (Å²) < 4.78 is 25.7. The average Bonchev–Trinajstić information content (AvgIpc) is 2.60. The molecule has 9 heteroatoms. The van der Waals surface area contributed by atoms with Crippen molar-refractivity contribution in [3.05, 3.63) is 53.1 Å². The van der Waals surface area contributed by atoms with Crippen molar-refractivity contribution in [1.29, 1.82) is 0 Å². The van der Waals surface area contributed by atoms with Crippen LogP contribution in [0.25, 0.3) is 0 Å². The van der Waals surface area contributed by atoms with Gasteiger partial charge >= 0.3 is 0 Å². The van der Waals surface area contributed by atoms with Gasteiger partial charge in [0.05, 0.1) is 23.3 Å². The number of halogens is 1. The summed E-state index contributed by atoms with van der Waals surface area (Å²) in [6.45, 7) is 1.06. The molecule has 0 fully saturated rings. The molecule has 0 bridgehead atoms. The van der Waals surface area contributed by atoms with Gasteiger partial charge in [0.1, 0.15) is 13.1 Å². The first-order valence-electron chi connectivity index (χ1n) is 8.10. The Kier molecular flexibility index (Phi) is 5.12. The largest absolute Gasteiger partial charge is 0.323 e. The molecular weight excluding hydrogens is 390 g/mol. The maximum Gasteiger partial charge on any atom is 0.248 e. The van der Waals surface area contributed by atoms with E-state index in [2.05, 4.69) is 5.32 Å². The summed E-state index contributed by atoms with van der Waals surface area (Å²) in [7, 11) is -3.76. The average molecular weight is 408 g/mol. The standard InChI is InChI=1S/C18H18ClN3O4S/c1-12-13(19)6-5-9-15(12)22(27(2,25)26)11-18(24)21-10-17(23)20-14-7-3-4-8-16(14)21/h3-9H,10-11H2,1-2H3,(H,20,23). The summed E-state index contributed by atoms with van der Waals surface area (Å²) in [6, 6.07) is 11.7. The van der Waals surface area contributed by atoms with E-state index in [0.717, 1.165) is 10.6 Å². The van der Waals surface area contributed by atoms with Gasteiger partial charge in [-0.3, -0.25) is 18.8 Å². The molecule has 0 saturated carbocycles. The maximum atomic E-state index is 12.9. The van der Waals surface area contributed by atoms with Gasteiger partial charge < -0.3 is 5.32 Å². The number of hydrogen-bond acceptors (Lipinski definition) is 4. The van der Waals surface area contributed by atoms with Crippen LogP contribution in [0.2, 0.25) is 5.02 Å². The van der Waals surface area contributed by atoms with Gasteiger partial charge in [0.2, 0.25) is 21.8 Å². The van der Waals surface area contributed by atoms with E-state index in [4.69, 9.17) is 11.6 Å². The Morgan fingerprint density at radius 3 is 2.63 bits per heavy atom. The summed E-state index contributed by atoms with van der Waals surface area (Å²) in [5.41, 5.74) is 1.91. The molecule has 0 aromatic heterocycles. The van der Waals surface area contributed by atoms with E-state index in [-0.39, 0.29) is 12.5 Å². The molecule has 1 N–H and O–H groups in total. The molecule has 142 valence electrons. The molecule has 0 radical (unpaired) electrons. The van der Waals surface area contributed by atoms with Crippen LogP contribution in [0.1, 0.15) is 5.56 Å². The number of sulfonamides is 1. The Balaban J connectivity index is 1.97. The van der Waals surface area contributed by atoms with Crippen molar-refractivity contribution in [3.63, 3.8) is 0 Å². The number of nitrogens with zero attached hydrogens (tertiary/aromatic N) is 2. The van der Waals surface area contributed by atoms with Crippen LogP contribution in [0.15, 0.2) is 42.5 Å². The van der Waals surface area contributed by atoms with Gasteiger partial charge in [-0.2, -0.15) is 0 Å². The number of rotatable bonds is 4. The van der Waals surface area contributed by atoms with Crippen molar-refractivity contribution in [2.45, 2.75) is 6.92 Å². The fourth-order valence-corrected chi connectivity index (χ4v) is 3.98. The quantitative estimate of drug-likeness (QED) is 0.843. The van der Waals surface area contributed by atoms with Gasteiger partial charge in [-0.15, -0.1) is 0 Å². The van der Waals surface area contributed by atoms with Gasteiger partial charge in [-0.05, 0) is 36.8 Å². The van der Waals surface area contributed by atoms with Gasteiger partial charge in [-0.1, -0.05) is 29.8 Å². The number of anilines is 3. The molecule has 1 heterocycles. The third-order valence-corrected chi connectivity index (χ3v) is 5.79. The topological polar surface area (TPSA) is 86.8 Å². The predicted octanol–water partition coefficient (Wildman–Crippen LogP) is 2.40. The van der Waals surface area contributed by atoms with Crippen LogP contribution in [0.4, 0.5) is 17.1 Å². The van der Waals surface area contributed by atoms with Crippen LogP contribution >= 0.6 is 11.6 Å². The number of nitrogens with one attached hydrogen (secondary N) is 1. The third-order valence-electron chi connectivity index (χ3n) is 4.26. The first-order valence-corrected chi connectivity index (χ1v) is 10.3. The zero-order chi connectivity index (χ0) is 19.8. The molecule has 2 amide bonds. The lowest BCUT2D eigenvalue weighted by Crippen LogP contribution is -2.48. The van der Waals surface area contributed by atoms with Crippen molar-refractivity contribution < 1.29 is 18.0 Å². The molecule has 1 aliphatic rings. The third kappa shape index (κ3) is 3.91. The smallest absolute Gasteiger partial charge is 0.248 e. The lowest BCUT2D eigenvalue weighted by molar-refractivity contribution is -0.121. The molecule has 7 nitrogen and oxygen atoms in total. The second kappa shape index (κ2) is 7.21. The Morgan fingerprint density at radius 2 is 1.93 bits per heavy atom. The first-order chi connectivity index (χ1) is 12.7. The number of amides is 2. The van der Waals surface area contributed by atoms with E-state index in [0.29, 0.717) is 27.6 Å².